The number of amides is 1. The van der Waals surface area contributed by atoms with Gasteiger partial charge in [-0.3, -0.25) is 9.78 Å². The van der Waals surface area contributed by atoms with Gasteiger partial charge in [0.05, 0.1) is 19.0 Å². The normalized spacial score (nSPS) is 14.3. The van der Waals surface area contributed by atoms with Gasteiger partial charge in [0, 0.05) is 49.0 Å². The summed E-state index contributed by atoms with van der Waals surface area (Å²) in [6.45, 7) is 7.22. The number of carbonyl (C=O) groups is 1. The minimum absolute atomic E-state index is 0.179. The number of nitrogens with zero attached hydrogens (tertiary/aromatic N) is 3. The standard InChI is InChI=1S/C24H27N3O2/c1-17-21-9-4-5-10-23(21)25-18(2)22(17)16-24(28)27-13-11-26(12-14-27)19-7-6-8-20(15-19)29-3/h4-10,15H,11-14,16H2,1-3H3. The summed E-state index contributed by atoms with van der Waals surface area (Å²) in [7, 11) is 1.68. The van der Waals surface area contributed by atoms with Gasteiger partial charge in [0.2, 0.25) is 5.91 Å². The van der Waals surface area contributed by atoms with Crippen LogP contribution in [0.3, 0.4) is 0 Å². The van der Waals surface area contributed by atoms with E-state index in [1.54, 1.807) is 7.11 Å². The molecule has 29 heavy (non-hydrogen) atoms. The number of rotatable bonds is 4. The van der Waals surface area contributed by atoms with Gasteiger partial charge in [-0.2, -0.15) is 0 Å². The van der Waals surface area contributed by atoms with Crippen molar-refractivity contribution in [1.29, 1.82) is 0 Å². The lowest BCUT2D eigenvalue weighted by atomic mass is 9.99. The molecule has 1 fully saturated rings. The number of piperazine rings is 1. The molecule has 1 aliphatic heterocycles. The highest BCUT2D eigenvalue weighted by Gasteiger charge is 2.23. The lowest BCUT2D eigenvalue weighted by molar-refractivity contribution is -0.130. The van der Waals surface area contributed by atoms with Gasteiger partial charge >= 0.3 is 0 Å². The molecule has 3 aromatic rings. The summed E-state index contributed by atoms with van der Waals surface area (Å²) < 4.78 is 5.33. The first-order valence-corrected chi connectivity index (χ1v) is 10.1. The third-order valence-electron chi connectivity index (χ3n) is 5.86. The third-order valence-corrected chi connectivity index (χ3v) is 5.86. The average Bonchev–Trinajstić information content (AvgIpc) is 2.76. The van der Waals surface area contributed by atoms with E-state index >= 15 is 0 Å². The Kier molecular flexibility index (Phi) is 5.38. The van der Waals surface area contributed by atoms with Crippen LogP contribution in [0, 0.1) is 13.8 Å². The van der Waals surface area contributed by atoms with Crippen LogP contribution in [0.5, 0.6) is 5.75 Å². The second-order valence-corrected chi connectivity index (χ2v) is 7.56. The Morgan fingerprint density at radius 1 is 1.03 bits per heavy atom. The molecule has 5 heteroatoms. The molecule has 0 radical (unpaired) electrons. The summed E-state index contributed by atoms with van der Waals surface area (Å²) >= 11 is 0. The van der Waals surface area contributed by atoms with Gasteiger partial charge in [-0.1, -0.05) is 24.3 Å². The van der Waals surface area contributed by atoms with Gasteiger partial charge in [-0.25, -0.2) is 0 Å². The smallest absolute Gasteiger partial charge is 0.227 e. The molecule has 0 saturated carbocycles. The number of pyridine rings is 1. The first kappa shape index (κ1) is 19.2. The van der Waals surface area contributed by atoms with Gasteiger partial charge in [0.25, 0.3) is 0 Å². The van der Waals surface area contributed by atoms with Gasteiger partial charge in [-0.15, -0.1) is 0 Å². The highest BCUT2D eigenvalue weighted by Crippen LogP contribution is 2.25. The predicted octanol–water partition coefficient (Wildman–Crippen LogP) is 3.75. The van der Waals surface area contributed by atoms with E-state index < -0.39 is 0 Å². The molecule has 0 N–H and O–H groups in total. The molecule has 1 aliphatic rings. The Bertz CT molecular complexity index is 1040. The van der Waals surface area contributed by atoms with Crippen molar-refractivity contribution in [2.24, 2.45) is 0 Å². The van der Waals surface area contributed by atoms with Crippen molar-refractivity contribution in [3.8, 4) is 5.75 Å². The zero-order valence-electron chi connectivity index (χ0n) is 17.3. The maximum absolute atomic E-state index is 13.0. The van der Waals surface area contributed by atoms with Gasteiger partial charge in [0.1, 0.15) is 5.75 Å². The van der Waals surface area contributed by atoms with Crippen molar-refractivity contribution < 1.29 is 9.53 Å². The molecule has 2 aromatic carbocycles. The molecule has 2 heterocycles. The molecule has 0 unspecified atom stereocenters. The Labute approximate surface area is 171 Å². The van der Waals surface area contributed by atoms with Gasteiger partial charge in [-0.05, 0) is 43.2 Å². The van der Waals surface area contributed by atoms with E-state index in [0.29, 0.717) is 6.42 Å². The number of methoxy groups -OCH3 is 1. The summed E-state index contributed by atoms with van der Waals surface area (Å²) in [5.41, 5.74) is 5.30. The molecular weight excluding hydrogens is 362 g/mol. The molecule has 150 valence electrons. The van der Waals surface area contributed by atoms with E-state index in [0.717, 1.165) is 65.3 Å². The molecule has 1 amide bonds. The molecule has 1 saturated heterocycles. The Balaban J connectivity index is 1.45. The largest absolute Gasteiger partial charge is 0.497 e. The molecule has 5 nitrogen and oxygen atoms in total. The van der Waals surface area contributed by atoms with Crippen LogP contribution in [0.25, 0.3) is 10.9 Å². The molecule has 0 spiro atoms. The highest BCUT2D eigenvalue weighted by atomic mass is 16.5. The topological polar surface area (TPSA) is 45.7 Å². The van der Waals surface area contributed by atoms with E-state index in [9.17, 15) is 4.79 Å². The third kappa shape index (κ3) is 3.90. The lowest BCUT2D eigenvalue weighted by Gasteiger charge is -2.36. The predicted molar refractivity (Wildman–Crippen MR) is 117 cm³/mol. The van der Waals surface area contributed by atoms with Crippen LogP contribution in [0.1, 0.15) is 16.8 Å². The summed E-state index contributed by atoms with van der Waals surface area (Å²) in [4.78, 5) is 22.0. The van der Waals surface area contributed by atoms with Crippen molar-refractivity contribution >= 4 is 22.5 Å². The summed E-state index contributed by atoms with van der Waals surface area (Å²) in [6.07, 6.45) is 0.411. The molecule has 0 bridgehead atoms. The van der Waals surface area contributed by atoms with E-state index in [2.05, 4.69) is 24.0 Å². The van der Waals surface area contributed by atoms with Crippen molar-refractivity contribution in [1.82, 2.24) is 9.88 Å². The quantitative estimate of drug-likeness (QED) is 0.682. The van der Waals surface area contributed by atoms with E-state index in [1.165, 1.54) is 0 Å². The van der Waals surface area contributed by atoms with E-state index in [-0.39, 0.29) is 5.91 Å². The number of benzene rings is 2. The number of carbonyl (C=O) groups excluding carboxylic acids is 1. The number of aromatic nitrogens is 1. The highest BCUT2D eigenvalue weighted by molar-refractivity contribution is 5.86. The van der Waals surface area contributed by atoms with Crippen LogP contribution in [-0.2, 0) is 11.2 Å². The molecule has 4 rings (SSSR count). The number of anilines is 1. The number of hydrogen-bond donors (Lipinski definition) is 0. The first-order valence-electron chi connectivity index (χ1n) is 10.1. The molecule has 0 atom stereocenters. The van der Waals surface area contributed by atoms with Crippen LogP contribution >= 0.6 is 0 Å². The maximum Gasteiger partial charge on any atom is 0.227 e. The Hall–Kier alpha value is -3.08. The monoisotopic (exact) mass is 389 g/mol. The SMILES string of the molecule is COc1cccc(N2CCN(C(=O)Cc3c(C)nc4ccccc4c3C)CC2)c1. The Morgan fingerprint density at radius 3 is 2.55 bits per heavy atom. The van der Waals surface area contributed by atoms with Crippen LogP contribution in [0.15, 0.2) is 48.5 Å². The van der Waals surface area contributed by atoms with Gasteiger partial charge in [0.15, 0.2) is 0 Å². The fourth-order valence-corrected chi connectivity index (χ4v) is 4.12. The summed E-state index contributed by atoms with van der Waals surface area (Å²) in [5, 5.41) is 1.13. The van der Waals surface area contributed by atoms with Crippen molar-refractivity contribution in [2.75, 3.05) is 38.2 Å². The van der Waals surface area contributed by atoms with Crippen molar-refractivity contribution in [3.63, 3.8) is 0 Å². The lowest BCUT2D eigenvalue weighted by Crippen LogP contribution is -2.49. The number of para-hydroxylation sites is 1. The van der Waals surface area contributed by atoms with Crippen LogP contribution < -0.4 is 9.64 Å². The maximum atomic E-state index is 13.0. The van der Waals surface area contributed by atoms with Crippen molar-refractivity contribution in [3.05, 3.63) is 65.4 Å². The fourth-order valence-electron chi connectivity index (χ4n) is 4.12. The van der Waals surface area contributed by atoms with E-state index in [1.807, 2.05) is 48.2 Å². The first-order chi connectivity index (χ1) is 14.1. The van der Waals surface area contributed by atoms with Crippen LogP contribution in [0.4, 0.5) is 5.69 Å². The molecule has 1 aromatic heterocycles. The summed E-state index contributed by atoms with van der Waals surface area (Å²) in [5.74, 6) is 1.04. The zero-order chi connectivity index (χ0) is 20.4. The average molecular weight is 389 g/mol. The zero-order valence-corrected chi connectivity index (χ0v) is 17.3. The number of fused-ring (bicyclic) bond motifs is 1. The number of hydrogen-bond acceptors (Lipinski definition) is 4. The summed E-state index contributed by atoms with van der Waals surface area (Å²) in [6, 6.07) is 16.2. The van der Waals surface area contributed by atoms with Crippen LogP contribution in [-0.4, -0.2) is 49.1 Å². The second kappa shape index (κ2) is 8.11. The number of ether oxygens (including phenoxy) is 1. The van der Waals surface area contributed by atoms with Gasteiger partial charge < -0.3 is 14.5 Å². The molecule has 0 aliphatic carbocycles. The minimum atomic E-state index is 0.179. The minimum Gasteiger partial charge on any atom is -0.497 e. The fraction of sp³-hybridized carbons (Fsp3) is 0.333. The van der Waals surface area contributed by atoms with E-state index in [4.69, 9.17) is 9.72 Å². The second-order valence-electron chi connectivity index (χ2n) is 7.56. The molecular formula is C24H27N3O2. The Morgan fingerprint density at radius 2 is 1.79 bits per heavy atom. The number of aryl methyl sites for hydroxylation is 2. The van der Waals surface area contributed by atoms with Crippen molar-refractivity contribution in [2.45, 2.75) is 20.3 Å². The van der Waals surface area contributed by atoms with Crippen LogP contribution in [0.2, 0.25) is 0 Å².